The normalized spacial score (nSPS) is 49.6. The van der Waals surface area contributed by atoms with Crippen LogP contribution in [-0.4, -0.2) is 56.6 Å². The summed E-state index contributed by atoms with van der Waals surface area (Å²) in [6.45, 7) is 0.458. The van der Waals surface area contributed by atoms with E-state index in [2.05, 4.69) is 0 Å². The molecule has 0 spiro atoms. The molecule has 76 valence electrons. The maximum Gasteiger partial charge on any atom is 0.186 e. The van der Waals surface area contributed by atoms with E-state index in [9.17, 15) is 5.11 Å². The zero-order chi connectivity index (χ0) is 9.42. The highest BCUT2D eigenvalue weighted by molar-refractivity contribution is 4.94. The Morgan fingerprint density at radius 1 is 1.23 bits per heavy atom. The van der Waals surface area contributed by atoms with Crippen LogP contribution in [0.15, 0.2) is 0 Å². The van der Waals surface area contributed by atoms with Gasteiger partial charge in [0.2, 0.25) is 0 Å². The molecular weight excluding hydrogens is 176 g/mol. The Labute approximate surface area is 76.5 Å². The molecule has 2 saturated heterocycles. The van der Waals surface area contributed by atoms with E-state index in [1.807, 2.05) is 0 Å². The number of fused-ring (bicyclic) bond motifs is 2. The quantitative estimate of drug-likeness (QED) is 0.613. The average molecular weight is 190 g/mol. The third-order valence-corrected chi connectivity index (χ3v) is 2.58. The summed E-state index contributed by atoms with van der Waals surface area (Å²) in [6, 6.07) is 0. The van der Waals surface area contributed by atoms with E-state index in [1.54, 1.807) is 14.2 Å². The van der Waals surface area contributed by atoms with Crippen LogP contribution >= 0.6 is 0 Å². The molecule has 2 aliphatic rings. The Balaban J connectivity index is 2.15. The molecule has 2 aliphatic heterocycles. The molecule has 0 aromatic rings. The number of hydrogen-bond donors (Lipinski definition) is 1. The standard InChI is InChI=1S/C8H14O5/c1-10-6-4-3-12-8(13-4)5(9)7(6)11-2/h4-9H,3H2,1-2H3. The van der Waals surface area contributed by atoms with E-state index >= 15 is 0 Å². The van der Waals surface area contributed by atoms with E-state index < -0.39 is 12.4 Å². The minimum Gasteiger partial charge on any atom is -0.385 e. The van der Waals surface area contributed by atoms with Crippen LogP contribution in [0.25, 0.3) is 0 Å². The van der Waals surface area contributed by atoms with E-state index in [0.29, 0.717) is 6.61 Å². The van der Waals surface area contributed by atoms with Crippen molar-refractivity contribution in [2.75, 3.05) is 20.8 Å². The van der Waals surface area contributed by atoms with Crippen molar-refractivity contribution in [3.63, 3.8) is 0 Å². The van der Waals surface area contributed by atoms with Crippen molar-refractivity contribution in [1.29, 1.82) is 0 Å². The molecule has 2 fully saturated rings. The van der Waals surface area contributed by atoms with Crippen molar-refractivity contribution in [3.8, 4) is 0 Å². The summed E-state index contributed by atoms with van der Waals surface area (Å²) in [7, 11) is 3.12. The van der Waals surface area contributed by atoms with Crippen LogP contribution in [0.1, 0.15) is 0 Å². The summed E-state index contributed by atoms with van der Waals surface area (Å²) in [5, 5.41) is 9.70. The molecule has 0 radical (unpaired) electrons. The van der Waals surface area contributed by atoms with E-state index in [1.165, 1.54) is 0 Å². The van der Waals surface area contributed by atoms with E-state index in [4.69, 9.17) is 18.9 Å². The van der Waals surface area contributed by atoms with Crippen LogP contribution in [0.2, 0.25) is 0 Å². The van der Waals surface area contributed by atoms with Crippen molar-refractivity contribution < 1.29 is 24.1 Å². The van der Waals surface area contributed by atoms with Crippen molar-refractivity contribution in [3.05, 3.63) is 0 Å². The first kappa shape index (κ1) is 9.36. The molecule has 0 aromatic carbocycles. The van der Waals surface area contributed by atoms with Gasteiger partial charge in [-0.3, -0.25) is 0 Å². The summed E-state index contributed by atoms with van der Waals surface area (Å²) >= 11 is 0. The summed E-state index contributed by atoms with van der Waals surface area (Å²) in [5.74, 6) is 0. The Morgan fingerprint density at radius 2 is 1.92 bits per heavy atom. The number of hydrogen-bond acceptors (Lipinski definition) is 5. The van der Waals surface area contributed by atoms with Crippen LogP contribution in [-0.2, 0) is 18.9 Å². The molecule has 0 aliphatic carbocycles. The number of ether oxygens (including phenoxy) is 4. The number of aliphatic hydroxyl groups excluding tert-OH is 1. The minimum absolute atomic E-state index is 0.122. The van der Waals surface area contributed by atoms with Crippen LogP contribution in [0.5, 0.6) is 0 Å². The van der Waals surface area contributed by atoms with Crippen molar-refractivity contribution >= 4 is 0 Å². The van der Waals surface area contributed by atoms with Gasteiger partial charge in [0.15, 0.2) is 6.29 Å². The lowest BCUT2D eigenvalue weighted by atomic mass is 10.0. The van der Waals surface area contributed by atoms with Crippen LogP contribution in [0.3, 0.4) is 0 Å². The molecule has 2 heterocycles. The van der Waals surface area contributed by atoms with Gasteiger partial charge in [0.1, 0.15) is 24.4 Å². The fraction of sp³-hybridized carbons (Fsp3) is 1.00. The second-order valence-corrected chi connectivity index (χ2v) is 3.27. The first-order valence-corrected chi connectivity index (χ1v) is 4.28. The van der Waals surface area contributed by atoms with Gasteiger partial charge in [-0.15, -0.1) is 0 Å². The largest absolute Gasteiger partial charge is 0.385 e. The zero-order valence-electron chi connectivity index (χ0n) is 7.67. The lowest BCUT2D eigenvalue weighted by Crippen LogP contribution is -2.55. The van der Waals surface area contributed by atoms with Gasteiger partial charge in [-0.1, -0.05) is 0 Å². The third kappa shape index (κ3) is 1.37. The predicted octanol–water partition coefficient (Wildman–Crippen LogP) is -0.868. The first-order chi connectivity index (χ1) is 6.27. The van der Waals surface area contributed by atoms with Gasteiger partial charge in [0, 0.05) is 14.2 Å². The zero-order valence-corrected chi connectivity index (χ0v) is 7.67. The van der Waals surface area contributed by atoms with Gasteiger partial charge >= 0.3 is 0 Å². The molecule has 2 rings (SSSR count). The third-order valence-electron chi connectivity index (χ3n) is 2.58. The number of aliphatic hydroxyl groups is 1. The van der Waals surface area contributed by atoms with Gasteiger partial charge in [0.05, 0.1) is 6.61 Å². The summed E-state index contributed by atoms with van der Waals surface area (Å²) < 4.78 is 20.9. The maximum atomic E-state index is 9.70. The van der Waals surface area contributed by atoms with E-state index in [0.717, 1.165) is 0 Å². The molecule has 0 saturated carbocycles. The second-order valence-electron chi connectivity index (χ2n) is 3.27. The lowest BCUT2D eigenvalue weighted by molar-refractivity contribution is -0.239. The topological polar surface area (TPSA) is 57.2 Å². The Morgan fingerprint density at radius 3 is 2.54 bits per heavy atom. The first-order valence-electron chi connectivity index (χ1n) is 4.28. The Hall–Kier alpha value is -0.200. The monoisotopic (exact) mass is 190 g/mol. The van der Waals surface area contributed by atoms with Gasteiger partial charge < -0.3 is 24.1 Å². The SMILES string of the molecule is COC1C2COC(O2)C(O)C1OC. The molecular formula is C8H14O5. The highest BCUT2D eigenvalue weighted by Gasteiger charge is 2.50. The maximum absolute atomic E-state index is 9.70. The summed E-state index contributed by atoms with van der Waals surface area (Å²) in [5.41, 5.74) is 0. The highest BCUT2D eigenvalue weighted by atomic mass is 16.7. The fourth-order valence-corrected chi connectivity index (χ4v) is 1.91. The molecule has 13 heavy (non-hydrogen) atoms. The molecule has 0 amide bonds. The van der Waals surface area contributed by atoms with Gasteiger partial charge in [0.25, 0.3) is 0 Å². The fourth-order valence-electron chi connectivity index (χ4n) is 1.91. The molecule has 5 nitrogen and oxygen atoms in total. The van der Waals surface area contributed by atoms with Crippen molar-refractivity contribution in [2.45, 2.75) is 30.7 Å². The number of methoxy groups -OCH3 is 2. The lowest BCUT2D eigenvalue weighted by Gasteiger charge is -2.36. The molecule has 2 bridgehead atoms. The molecule has 5 atom stereocenters. The summed E-state index contributed by atoms with van der Waals surface area (Å²) in [6.07, 6.45) is -2.06. The highest BCUT2D eigenvalue weighted by Crippen LogP contribution is 2.30. The molecule has 5 unspecified atom stereocenters. The summed E-state index contributed by atoms with van der Waals surface area (Å²) in [4.78, 5) is 0. The molecule has 5 heteroatoms. The van der Waals surface area contributed by atoms with Crippen molar-refractivity contribution in [2.24, 2.45) is 0 Å². The molecule has 1 N–H and O–H groups in total. The smallest absolute Gasteiger partial charge is 0.186 e. The Kier molecular flexibility index (Phi) is 2.53. The average Bonchev–Trinajstić information content (AvgIpc) is 2.57. The van der Waals surface area contributed by atoms with Gasteiger partial charge in [-0.05, 0) is 0 Å². The van der Waals surface area contributed by atoms with Crippen LogP contribution in [0.4, 0.5) is 0 Å². The second kappa shape index (κ2) is 3.51. The number of rotatable bonds is 2. The Bertz CT molecular complexity index is 181. The van der Waals surface area contributed by atoms with Gasteiger partial charge in [-0.2, -0.15) is 0 Å². The van der Waals surface area contributed by atoms with Crippen molar-refractivity contribution in [1.82, 2.24) is 0 Å². The van der Waals surface area contributed by atoms with E-state index in [-0.39, 0.29) is 18.3 Å². The minimum atomic E-state index is -0.770. The molecule has 0 aromatic heterocycles. The van der Waals surface area contributed by atoms with Crippen LogP contribution < -0.4 is 0 Å². The predicted molar refractivity (Wildman–Crippen MR) is 42.2 cm³/mol. The van der Waals surface area contributed by atoms with Gasteiger partial charge in [-0.25, -0.2) is 0 Å². The van der Waals surface area contributed by atoms with Crippen LogP contribution in [0, 0.1) is 0 Å².